The number of nitrogens with zero attached hydrogens (tertiary/aromatic N) is 2. The quantitative estimate of drug-likeness (QED) is 0.572. The predicted octanol–water partition coefficient (Wildman–Crippen LogP) is -1.67. The molecule has 0 aromatic carbocycles. The van der Waals surface area contributed by atoms with E-state index >= 15 is 0 Å². The van der Waals surface area contributed by atoms with Gasteiger partial charge in [0.2, 0.25) is 0 Å². The van der Waals surface area contributed by atoms with Crippen LogP contribution in [0.3, 0.4) is 0 Å². The van der Waals surface area contributed by atoms with E-state index in [-0.39, 0.29) is 31.8 Å². The molecule has 0 saturated carbocycles. The number of cyclic esters (lactones) is 1. The average molecular weight is 221 g/mol. The Morgan fingerprint density at radius 3 is 2.79 bits per heavy atom. The van der Waals surface area contributed by atoms with Gasteiger partial charge in [0.25, 0.3) is 10.2 Å². The first kappa shape index (κ1) is 9.69. The van der Waals surface area contributed by atoms with Crippen LogP contribution in [-0.2, 0) is 14.9 Å². The van der Waals surface area contributed by atoms with Crippen LogP contribution < -0.4 is 5.14 Å². The molecule has 0 aromatic heterocycles. The fourth-order valence-electron chi connectivity index (χ4n) is 1.69. The van der Waals surface area contributed by atoms with Crippen LogP contribution in [0.2, 0.25) is 0 Å². The van der Waals surface area contributed by atoms with Gasteiger partial charge in [0, 0.05) is 19.6 Å². The van der Waals surface area contributed by atoms with Gasteiger partial charge in [0.1, 0.15) is 6.61 Å². The highest BCUT2D eigenvalue weighted by Gasteiger charge is 2.39. The molecule has 0 aliphatic carbocycles. The van der Waals surface area contributed by atoms with E-state index in [4.69, 9.17) is 9.88 Å². The number of piperazine rings is 1. The minimum absolute atomic E-state index is 0.186. The summed E-state index contributed by atoms with van der Waals surface area (Å²) in [4.78, 5) is 12.6. The van der Waals surface area contributed by atoms with Crippen molar-refractivity contribution in [3.63, 3.8) is 0 Å². The van der Waals surface area contributed by atoms with E-state index in [0.717, 1.165) is 4.31 Å². The molecule has 0 unspecified atom stereocenters. The summed E-state index contributed by atoms with van der Waals surface area (Å²) in [5.41, 5.74) is 0. The predicted molar refractivity (Wildman–Crippen MR) is 46.5 cm³/mol. The van der Waals surface area contributed by atoms with Crippen molar-refractivity contribution in [2.45, 2.75) is 6.04 Å². The maximum Gasteiger partial charge on any atom is 0.410 e. The van der Waals surface area contributed by atoms with Crippen molar-refractivity contribution in [3.8, 4) is 0 Å². The van der Waals surface area contributed by atoms with Gasteiger partial charge >= 0.3 is 6.09 Å². The molecule has 1 amide bonds. The van der Waals surface area contributed by atoms with Gasteiger partial charge in [-0.1, -0.05) is 0 Å². The van der Waals surface area contributed by atoms with Crippen molar-refractivity contribution in [1.82, 2.24) is 9.21 Å². The Labute approximate surface area is 81.6 Å². The molecular formula is C6H11N3O4S. The van der Waals surface area contributed by atoms with E-state index in [2.05, 4.69) is 0 Å². The average Bonchev–Trinajstić information content (AvgIpc) is 2.46. The molecule has 14 heavy (non-hydrogen) atoms. The van der Waals surface area contributed by atoms with E-state index in [1.54, 1.807) is 0 Å². The summed E-state index contributed by atoms with van der Waals surface area (Å²) < 4.78 is 28.0. The first-order chi connectivity index (χ1) is 6.48. The monoisotopic (exact) mass is 221 g/mol. The van der Waals surface area contributed by atoms with Crippen molar-refractivity contribution in [2.75, 3.05) is 26.2 Å². The second kappa shape index (κ2) is 3.07. The molecule has 0 bridgehead atoms. The van der Waals surface area contributed by atoms with Crippen LogP contribution in [-0.4, -0.2) is 56.0 Å². The summed E-state index contributed by atoms with van der Waals surface area (Å²) >= 11 is 0. The van der Waals surface area contributed by atoms with Gasteiger partial charge in [-0.25, -0.2) is 9.93 Å². The minimum Gasteiger partial charge on any atom is -0.447 e. The van der Waals surface area contributed by atoms with Crippen LogP contribution in [0.25, 0.3) is 0 Å². The van der Waals surface area contributed by atoms with Crippen LogP contribution >= 0.6 is 0 Å². The summed E-state index contributed by atoms with van der Waals surface area (Å²) in [5.74, 6) is 0. The Morgan fingerprint density at radius 2 is 2.14 bits per heavy atom. The Balaban J connectivity index is 2.10. The third-order valence-corrected chi connectivity index (χ3v) is 3.49. The first-order valence-corrected chi connectivity index (χ1v) is 5.70. The van der Waals surface area contributed by atoms with Gasteiger partial charge in [0.05, 0.1) is 6.04 Å². The van der Waals surface area contributed by atoms with Crippen LogP contribution in [0.15, 0.2) is 0 Å². The number of ether oxygens (including phenoxy) is 1. The first-order valence-electron chi connectivity index (χ1n) is 4.20. The van der Waals surface area contributed by atoms with Crippen molar-refractivity contribution in [2.24, 2.45) is 5.14 Å². The third-order valence-electron chi connectivity index (χ3n) is 2.44. The Morgan fingerprint density at radius 1 is 1.43 bits per heavy atom. The van der Waals surface area contributed by atoms with Gasteiger partial charge < -0.3 is 4.74 Å². The normalized spacial score (nSPS) is 28.8. The van der Waals surface area contributed by atoms with Crippen LogP contribution in [0, 0.1) is 0 Å². The SMILES string of the molecule is NS(=O)(=O)N1CCN2C(=O)OC[C@H]2C1. The summed E-state index contributed by atoms with van der Waals surface area (Å²) in [5, 5.41) is 4.98. The molecule has 8 heteroatoms. The molecule has 0 radical (unpaired) electrons. The zero-order valence-electron chi connectivity index (χ0n) is 7.42. The Hall–Kier alpha value is -0.860. The standard InChI is InChI=1S/C6H11N3O4S/c7-14(11,12)8-1-2-9-5(3-8)4-13-6(9)10/h5H,1-4H2,(H2,7,11,12)/t5-/m1/s1. The number of rotatable bonds is 1. The smallest absolute Gasteiger partial charge is 0.410 e. The topological polar surface area (TPSA) is 92.9 Å². The number of nitrogens with two attached hydrogens (primary N) is 1. The molecule has 2 heterocycles. The highest BCUT2D eigenvalue weighted by Crippen LogP contribution is 2.18. The summed E-state index contributed by atoms with van der Waals surface area (Å²) in [6, 6.07) is -0.186. The van der Waals surface area contributed by atoms with Crippen LogP contribution in [0.1, 0.15) is 0 Å². The number of carbonyl (C=O) groups is 1. The molecule has 2 rings (SSSR count). The van der Waals surface area contributed by atoms with Crippen molar-refractivity contribution >= 4 is 16.3 Å². The lowest BCUT2D eigenvalue weighted by atomic mass is 10.2. The minimum atomic E-state index is -3.64. The Kier molecular flexibility index (Phi) is 2.13. The highest BCUT2D eigenvalue weighted by atomic mass is 32.2. The zero-order chi connectivity index (χ0) is 10.3. The number of carbonyl (C=O) groups excluding carboxylic acids is 1. The third kappa shape index (κ3) is 1.56. The van der Waals surface area contributed by atoms with E-state index in [1.807, 2.05) is 0 Å². The number of hydrogen-bond acceptors (Lipinski definition) is 4. The molecule has 2 N–H and O–H groups in total. The van der Waals surface area contributed by atoms with Crippen molar-refractivity contribution in [3.05, 3.63) is 0 Å². The molecule has 2 aliphatic heterocycles. The zero-order valence-corrected chi connectivity index (χ0v) is 8.24. The van der Waals surface area contributed by atoms with Gasteiger partial charge in [-0.05, 0) is 0 Å². The molecule has 2 aliphatic rings. The van der Waals surface area contributed by atoms with Gasteiger partial charge in [-0.3, -0.25) is 4.90 Å². The summed E-state index contributed by atoms with van der Waals surface area (Å²) in [6.45, 7) is 1.06. The molecule has 7 nitrogen and oxygen atoms in total. The molecule has 1 atom stereocenters. The van der Waals surface area contributed by atoms with Gasteiger partial charge in [0.15, 0.2) is 0 Å². The maximum absolute atomic E-state index is 11.1. The highest BCUT2D eigenvalue weighted by molar-refractivity contribution is 7.86. The van der Waals surface area contributed by atoms with E-state index in [9.17, 15) is 13.2 Å². The van der Waals surface area contributed by atoms with E-state index < -0.39 is 10.2 Å². The lowest BCUT2D eigenvalue weighted by molar-refractivity contribution is 0.147. The molecule has 0 aromatic rings. The molecular weight excluding hydrogens is 210 g/mol. The maximum atomic E-state index is 11.1. The number of hydrogen-bond donors (Lipinski definition) is 1. The van der Waals surface area contributed by atoms with Crippen molar-refractivity contribution in [1.29, 1.82) is 0 Å². The van der Waals surface area contributed by atoms with Crippen LogP contribution in [0.5, 0.6) is 0 Å². The summed E-state index contributed by atoms with van der Waals surface area (Å²) in [6.07, 6.45) is -0.371. The fraction of sp³-hybridized carbons (Fsp3) is 0.833. The lowest BCUT2D eigenvalue weighted by Gasteiger charge is -2.33. The second-order valence-electron chi connectivity index (χ2n) is 3.33. The molecule has 0 spiro atoms. The van der Waals surface area contributed by atoms with Crippen molar-refractivity contribution < 1.29 is 17.9 Å². The van der Waals surface area contributed by atoms with E-state index in [1.165, 1.54) is 4.90 Å². The van der Waals surface area contributed by atoms with Gasteiger partial charge in [-0.2, -0.15) is 12.7 Å². The summed E-state index contributed by atoms with van der Waals surface area (Å²) in [7, 11) is -3.64. The molecule has 2 fully saturated rings. The van der Waals surface area contributed by atoms with Crippen LogP contribution in [0.4, 0.5) is 4.79 Å². The number of fused-ring (bicyclic) bond motifs is 1. The fourth-order valence-corrected chi connectivity index (χ4v) is 2.41. The number of amides is 1. The Bertz CT molecular complexity index is 354. The molecule has 2 saturated heterocycles. The molecule has 80 valence electrons. The van der Waals surface area contributed by atoms with Gasteiger partial charge in [-0.15, -0.1) is 0 Å². The second-order valence-corrected chi connectivity index (χ2v) is 4.87. The largest absolute Gasteiger partial charge is 0.447 e. The lowest BCUT2D eigenvalue weighted by Crippen LogP contribution is -2.55. The van der Waals surface area contributed by atoms with E-state index in [0.29, 0.717) is 6.54 Å².